The molecule has 8 rings (SSSR count). The van der Waals surface area contributed by atoms with E-state index in [4.69, 9.17) is 23.9 Å². The molecule has 5 aromatic rings. The maximum Gasteiger partial charge on any atom is 0.251 e. The van der Waals surface area contributed by atoms with E-state index in [9.17, 15) is 24.3 Å². The number of hydrogen-bond donors (Lipinski definition) is 5. The molecule has 5 heterocycles. The number of fused-ring (bicyclic) bond motifs is 3. The Kier molecular flexibility index (Phi) is 18.4. The fraction of sp³-hybridized carbons (Fsp3) is 0.528. The van der Waals surface area contributed by atoms with Gasteiger partial charge < -0.3 is 55.1 Å². The number of benzene rings is 2. The van der Waals surface area contributed by atoms with Gasteiger partial charge in [0.05, 0.1) is 86.9 Å². The number of carbonyl (C=O) groups excluding carboxylic acids is 4. The number of aryl methyl sites for hydroxylation is 1. The number of anilines is 3. The van der Waals surface area contributed by atoms with Gasteiger partial charge >= 0.3 is 0 Å². The molecule has 4 atom stereocenters. The first-order valence-electron chi connectivity index (χ1n) is 25.8. The molecular formula is C53H70N12O9S. The number of aliphatic hydroxyl groups excluding tert-OH is 1. The SMILES string of the molecule is CC[C@@H]1c2nncn2-c2cnc(Nc3ccc(C(=O)NCCOCCOCCOCCC(=O)N[C@H](C(=O)N4C[C@H](O)C[C@H]4C(=O)NCc4ccc(-c5scnc5C)cc4)C(C)(C)C)cc3OC)nc2N1C1CCCC1. The van der Waals surface area contributed by atoms with Gasteiger partial charge in [-0.25, -0.2) is 9.97 Å². The highest BCUT2D eigenvalue weighted by Crippen LogP contribution is 2.43. The van der Waals surface area contributed by atoms with Crippen LogP contribution in [0.5, 0.6) is 5.75 Å². The first-order chi connectivity index (χ1) is 36.2. The Balaban J connectivity index is 0.701. The molecule has 0 bridgehead atoms. The van der Waals surface area contributed by atoms with Crippen LogP contribution in [0.1, 0.15) is 106 Å². The lowest BCUT2D eigenvalue weighted by Crippen LogP contribution is -2.57. The van der Waals surface area contributed by atoms with Crippen LogP contribution in [-0.2, 0) is 35.1 Å². The highest BCUT2D eigenvalue weighted by atomic mass is 32.1. The summed E-state index contributed by atoms with van der Waals surface area (Å²) in [6.07, 6.45) is 8.17. The predicted molar refractivity (Wildman–Crippen MR) is 282 cm³/mol. The largest absolute Gasteiger partial charge is 0.495 e. The average molecular weight is 1050 g/mol. The fourth-order valence-electron chi connectivity index (χ4n) is 9.82. The van der Waals surface area contributed by atoms with Crippen LogP contribution >= 0.6 is 11.3 Å². The zero-order chi connectivity index (χ0) is 53.1. The van der Waals surface area contributed by atoms with E-state index >= 15 is 0 Å². The monoisotopic (exact) mass is 1050 g/mol. The van der Waals surface area contributed by atoms with Crippen molar-refractivity contribution in [3.63, 3.8) is 0 Å². The summed E-state index contributed by atoms with van der Waals surface area (Å²) in [5.41, 5.74) is 5.89. The molecule has 4 amide bonds. The molecule has 1 saturated heterocycles. The van der Waals surface area contributed by atoms with Crippen LogP contribution in [0, 0.1) is 12.3 Å². The van der Waals surface area contributed by atoms with Gasteiger partial charge in [0.25, 0.3) is 5.91 Å². The molecule has 5 N–H and O–H groups in total. The van der Waals surface area contributed by atoms with Crippen LogP contribution in [0.15, 0.2) is 60.5 Å². The minimum Gasteiger partial charge on any atom is -0.495 e. The molecule has 22 heteroatoms. The van der Waals surface area contributed by atoms with Gasteiger partial charge in [0.1, 0.15) is 29.8 Å². The van der Waals surface area contributed by atoms with Crippen molar-refractivity contribution in [3.05, 3.63) is 83.1 Å². The number of carbonyl (C=O) groups is 4. The summed E-state index contributed by atoms with van der Waals surface area (Å²) in [5.74, 6) is 1.14. The highest BCUT2D eigenvalue weighted by Gasteiger charge is 2.45. The predicted octanol–water partition coefficient (Wildman–Crippen LogP) is 5.43. The summed E-state index contributed by atoms with van der Waals surface area (Å²) >= 11 is 1.57. The van der Waals surface area contributed by atoms with Crippen LogP contribution in [0.3, 0.4) is 0 Å². The normalized spacial score (nSPS) is 17.8. The Morgan fingerprint density at radius 3 is 2.36 bits per heavy atom. The van der Waals surface area contributed by atoms with E-state index in [1.165, 1.54) is 17.7 Å². The third-order valence-corrected chi connectivity index (χ3v) is 14.7. The first-order valence-corrected chi connectivity index (χ1v) is 26.7. The summed E-state index contributed by atoms with van der Waals surface area (Å²) in [5, 5.41) is 31.2. The molecule has 21 nitrogen and oxygen atoms in total. The van der Waals surface area contributed by atoms with Gasteiger partial charge in [-0.05, 0) is 60.9 Å². The molecular weight excluding hydrogens is 981 g/mol. The van der Waals surface area contributed by atoms with E-state index < -0.39 is 29.5 Å². The molecule has 75 heavy (non-hydrogen) atoms. The number of β-amino-alcohol motifs (C(OH)–C–C–N with tert-alkyl or cyclic N) is 1. The van der Waals surface area contributed by atoms with Gasteiger partial charge in [-0.1, -0.05) is 64.8 Å². The van der Waals surface area contributed by atoms with E-state index in [1.807, 2.05) is 62.0 Å². The second-order valence-corrected chi connectivity index (χ2v) is 20.9. The number of hydrogen-bond acceptors (Lipinski definition) is 17. The molecule has 2 aromatic carbocycles. The van der Waals surface area contributed by atoms with Crippen LogP contribution < -0.4 is 30.9 Å². The third kappa shape index (κ3) is 13.5. The topological polar surface area (TPSA) is 249 Å². The van der Waals surface area contributed by atoms with E-state index in [2.05, 4.69) is 53.3 Å². The summed E-state index contributed by atoms with van der Waals surface area (Å²) in [6, 6.07) is 11.6. The molecule has 1 saturated carbocycles. The quantitative estimate of drug-likeness (QED) is 0.0483. The first kappa shape index (κ1) is 54.7. The summed E-state index contributed by atoms with van der Waals surface area (Å²) in [4.78, 5) is 72.4. The Bertz CT molecular complexity index is 2740. The van der Waals surface area contributed by atoms with Gasteiger partial charge in [-0.2, -0.15) is 4.98 Å². The van der Waals surface area contributed by atoms with Gasteiger partial charge in [-0.15, -0.1) is 21.5 Å². The molecule has 0 radical (unpaired) electrons. The van der Waals surface area contributed by atoms with Crippen LogP contribution in [0.25, 0.3) is 16.1 Å². The van der Waals surface area contributed by atoms with E-state index in [0.29, 0.717) is 42.2 Å². The summed E-state index contributed by atoms with van der Waals surface area (Å²) in [7, 11) is 1.55. The number of ether oxygens (including phenoxy) is 4. The Morgan fingerprint density at radius 1 is 0.933 bits per heavy atom. The number of methoxy groups -OCH3 is 1. The highest BCUT2D eigenvalue weighted by molar-refractivity contribution is 7.13. The van der Waals surface area contributed by atoms with Crippen molar-refractivity contribution >= 4 is 52.4 Å². The molecule has 0 unspecified atom stereocenters. The van der Waals surface area contributed by atoms with Crippen LogP contribution in [0.4, 0.5) is 17.5 Å². The Morgan fingerprint density at radius 2 is 1.67 bits per heavy atom. The van der Waals surface area contributed by atoms with Crippen molar-refractivity contribution in [1.29, 1.82) is 0 Å². The Labute approximate surface area is 441 Å². The minimum absolute atomic E-state index is 0.00628. The van der Waals surface area contributed by atoms with Crippen molar-refractivity contribution in [1.82, 2.24) is 50.6 Å². The summed E-state index contributed by atoms with van der Waals surface area (Å²) in [6.45, 7) is 11.7. The van der Waals surface area contributed by atoms with Crippen molar-refractivity contribution in [2.24, 2.45) is 5.41 Å². The molecule has 2 aliphatic heterocycles. The van der Waals surface area contributed by atoms with Crippen LogP contribution in [-0.4, -0.2) is 147 Å². The maximum absolute atomic E-state index is 14.0. The van der Waals surface area contributed by atoms with Crippen molar-refractivity contribution in [2.75, 3.05) is 70.1 Å². The maximum atomic E-state index is 14.0. The fourth-order valence-corrected chi connectivity index (χ4v) is 10.6. The average Bonchev–Trinajstić information content (AvgIpc) is 4.26. The smallest absolute Gasteiger partial charge is 0.251 e. The van der Waals surface area contributed by atoms with Gasteiger partial charge in [0.15, 0.2) is 11.6 Å². The lowest BCUT2D eigenvalue weighted by molar-refractivity contribution is -0.144. The zero-order valence-electron chi connectivity index (χ0n) is 43.7. The number of aliphatic hydroxyl groups is 1. The molecule has 1 aliphatic carbocycles. The van der Waals surface area contributed by atoms with E-state index in [-0.39, 0.29) is 82.7 Å². The molecule has 402 valence electrons. The third-order valence-electron chi connectivity index (χ3n) is 13.7. The number of rotatable bonds is 24. The van der Waals surface area contributed by atoms with Crippen molar-refractivity contribution < 1.29 is 43.2 Å². The number of likely N-dealkylation sites (tertiary alicyclic amines) is 1. The number of nitrogens with one attached hydrogen (secondary N) is 4. The number of aromatic nitrogens is 6. The van der Waals surface area contributed by atoms with Crippen LogP contribution in [0.2, 0.25) is 0 Å². The lowest BCUT2D eigenvalue weighted by Gasteiger charge is -2.40. The standard InChI is InChI=1S/C53H70N12O9S/c1-7-40-48-62-58-31-64(48)42-29-56-52(61-47(42)65(40)37-10-8-9-11-37)59-39-17-16-36(26-43(39)71-6)49(68)54-19-21-73-23-25-74-24-22-72-20-18-44(67)60-46(53(3,4)5)51(70)63-30-38(66)27-41(63)50(69)55-28-34-12-14-35(15-13-34)45-33(2)57-32-75-45/h12-17,26,29,31-32,37-38,40-41,46,66H,7-11,18-25,27-28,30H2,1-6H3,(H,54,68)(H,55,69)(H,60,67)(H,56,59,61)/t38-,40-,41+,46-/m1/s1. The van der Waals surface area contributed by atoms with Gasteiger partial charge in [0.2, 0.25) is 23.7 Å². The van der Waals surface area contributed by atoms with Crippen molar-refractivity contribution in [2.45, 2.75) is 116 Å². The number of thiazole rings is 1. The van der Waals surface area contributed by atoms with E-state index in [0.717, 1.165) is 58.3 Å². The van der Waals surface area contributed by atoms with Gasteiger partial charge in [0, 0.05) is 44.1 Å². The number of amides is 4. The molecule has 2 fully saturated rings. The van der Waals surface area contributed by atoms with Crippen molar-refractivity contribution in [3.8, 4) is 21.9 Å². The molecule has 3 aliphatic rings. The molecule has 3 aromatic heterocycles. The minimum atomic E-state index is -0.945. The second kappa shape index (κ2) is 25.3. The lowest BCUT2D eigenvalue weighted by atomic mass is 9.85. The second-order valence-electron chi connectivity index (χ2n) is 20.1. The Hall–Kier alpha value is -6.59. The van der Waals surface area contributed by atoms with E-state index in [1.54, 1.807) is 49.2 Å². The van der Waals surface area contributed by atoms with Gasteiger partial charge in [-0.3, -0.25) is 23.7 Å². The zero-order valence-corrected chi connectivity index (χ0v) is 44.5. The molecule has 0 spiro atoms. The summed E-state index contributed by atoms with van der Waals surface area (Å²) < 4.78 is 24.5. The number of nitrogens with zero attached hydrogens (tertiary/aromatic N) is 8.